The molecule has 5 aromatic rings. The SMILES string of the molecule is Cc1cc([C@@H](C)Nc2ccccc2S(C)(=O)=O)c2cc(-c3cnc(-c4cc(F)c[n+]([O-])c4C)nc3)n(C)c(=O)c2c1. The van der Waals surface area contributed by atoms with Crippen LogP contribution in [0.4, 0.5) is 10.1 Å². The molecule has 0 saturated heterocycles. The van der Waals surface area contributed by atoms with Gasteiger partial charge in [-0.3, -0.25) is 4.79 Å². The fourth-order valence-electron chi connectivity index (χ4n) is 4.98. The van der Waals surface area contributed by atoms with Gasteiger partial charge in [-0.1, -0.05) is 18.2 Å². The molecule has 0 spiro atoms. The Kier molecular flexibility index (Phi) is 7.08. The second kappa shape index (κ2) is 10.4. The fraction of sp³-hybridized carbons (Fsp3) is 0.200. The van der Waals surface area contributed by atoms with Gasteiger partial charge < -0.3 is 15.1 Å². The Bertz CT molecular complexity index is 1990. The van der Waals surface area contributed by atoms with Gasteiger partial charge in [0.15, 0.2) is 21.5 Å². The van der Waals surface area contributed by atoms with Gasteiger partial charge in [0.2, 0.25) is 11.9 Å². The maximum atomic E-state index is 13.9. The number of benzene rings is 2. The number of aryl methyl sites for hydroxylation is 1. The third-order valence-corrected chi connectivity index (χ3v) is 8.25. The van der Waals surface area contributed by atoms with Gasteiger partial charge in [-0.15, -0.1) is 0 Å². The second-order valence-corrected chi connectivity index (χ2v) is 12.1. The van der Waals surface area contributed by atoms with Crippen LogP contribution >= 0.6 is 0 Å². The number of pyridine rings is 2. The van der Waals surface area contributed by atoms with Crippen molar-refractivity contribution in [3.63, 3.8) is 0 Å². The van der Waals surface area contributed by atoms with E-state index in [1.54, 1.807) is 38.2 Å². The predicted octanol–water partition coefficient (Wildman–Crippen LogP) is 4.63. The van der Waals surface area contributed by atoms with Crippen molar-refractivity contribution in [1.82, 2.24) is 14.5 Å². The van der Waals surface area contributed by atoms with E-state index in [4.69, 9.17) is 0 Å². The minimum absolute atomic E-state index is 0.180. The van der Waals surface area contributed by atoms with Crippen LogP contribution in [0.1, 0.15) is 29.8 Å². The van der Waals surface area contributed by atoms with Gasteiger partial charge >= 0.3 is 0 Å². The average Bonchev–Trinajstić information content (AvgIpc) is 2.92. The van der Waals surface area contributed by atoms with Crippen molar-refractivity contribution in [2.45, 2.75) is 31.7 Å². The van der Waals surface area contributed by atoms with Crippen LogP contribution in [0, 0.1) is 24.9 Å². The summed E-state index contributed by atoms with van der Waals surface area (Å²) >= 11 is 0. The number of para-hydroxylation sites is 1. The van der Waals surface area contributed by atoms with Crippen LogP contribution in [0.3, 0.4) is 0 Å². The lowest BCUT2D eigenvalue weighted by molar-refractivity contribution is -0.613. The number of nitrogens with one attached hydrogen (secondary N) is 1. The lowest BCUT2D eigenvalue weighted by Gasteiger charge is -2.21. The molecule has 0 aliphatic carbocycles. The van der Waals surface area contributed by atoms with E-state index in [1.807, 2.05) is 32.0 Å². The van der Waals surface area contributed by atoms with E-state index in [0.29, 0.717) is 32.4 Å². The number of fused-ring (bicyclic) bond motifs is 1. The zero-order valence-corrected chi connectivity index (χ0v) is 24.0. The highest BCUT2D eigenvalue weighted by Crippen LogP contribution is 2.32. The number of hydrogen-bond donors (Lipinski definition) is 1. The number of rotatable bonds is 6. The van der Waals surface area contributed by atoms with E-state index in [9.17, 15) is 22.8 Å². The normalized spacial score (nSPS) is 12.4. The lowest BCUT2D eigenvalue weighted by atomic mass is 9.96. The molecule has 1 N–H and O–H groups in total. The number of halogens is 1. The van der Waals surface area contributed by atoms with Crippen LogP contribution in [0.5, 0.6) is 0 Å². The summed E-state index contributed by atoms with van der Waals surface area (Å²) in [6.07, 6.45) is 5.06. The van der Waals surface area contributed by atoms with E-state index in [0.717, 1.165) is 23.6 Å². The Morgan fingerprint density at radius 2 is 1.73 bits per heavy atom. The first-order valence-electron chi connectivity index (χ1n) is 12.8. The van der Waals surface area contributed by atoms with Gasteiger partial charge in [-0.05, 0) is 60.7 Å². The molecular weight excluding hydrogens is 545 g/mol. The molecule has 0 saturated carbocycles. The molecule has 0 radical (unpaired) electrons. The molecule has 0 aliphatic heterocycles. The molecule has 0 aliphatic rings. The molecule has 2 aromatic carbocycles. The summed E-state index contributed by atoms with van der Waals surface area (Å²) in [5, 5.41) is 16.5. The van der Waals surface area contributed by atoms with E-state index >= 15 is 0 Å². The Morgan fingerprint density at radius 1 is 1.05 bits per heavy atom. The quantitative estimate of drug-likeness (QED) is 0.232. The van der Waals surface area contributed by atoms with Crippen molar-refractivity contribution in [2.75, 3.05) is 11.6 Å². The van der Waals surface area contributed by atoms with Crippen LogP contribution in [0.25, 0.3) is 33.4 Å². The summed E-state index contributed by atoms with van der Waals surface area (Å²) in [6, 6.07) is 13.2. The molecule has 9 nitrogen and oxygen atoms in total. The van der Waals surface area contributed by atoms with Crippen LogP contribution < -0.4 is 15.6 Å². The first-order chi connectivity index (χ1) is 19.3. The van der Waals surface area contributed by atoms with Crippen LogP contribution in [-0.2, 0) is 16.9 Å². The standard InChI is InChI=1S/C30H28FN5O4S/c1-17-10-22(18(2)34-26-8-6-7-9-28(26)41(5,39)40)24-13-27(35(4)30(37)25(24)11-17)20-14-32-29(33-15-20)23-12-21(31)16-36(38)19(23)3/h6-16,18,34H,1-5H3/t18-/m1/s1. The zero-order valence-electron chi connectivity index (χ0n) is 23.1. The molecule has 11 heteroatoms. The maximum absolute atomic E-state index is 13.9. The number of anilines is 1. The number of sulfone groups is 1. The van der Waals surface area contributed by atoms with E-state index < -0.39 is 15.7 Å². The minimum atomic E-state index is -3.47. The predicted molar refractivity (Wildman–Crippen MR) is 156 cm³/mol. The molecule has 5 rings (SSSR count). The number of hydrogen-bond acceptors (Lipinski definition) is 7. The van der Waals surface area contributed by atoms with Gasteiger partial charge in [-0.25, -0.2) is 22.8 Å². The maximum Gasteiger partial charge on any atom is 0.258 e. The smallest absolute Gasteiger partial charge is 0.258 e. The molecule has 41 heavy (non-hydrogen) atoms. The summed E-state index contributed by atoms with van der Waals surface area (Å²) in [5.74, 6) is -0.519. The van der Waals surface area contributed by atoms with Gasteiger partial charge in [0, 0.05) is 49.6 Å². The largest absolute Gasteiger partial charge is 0.618 e. The van der Waals surface area contributed by atoms with E-state index in [2.05, 4.69) is 15.3 Å². The van der Waals surface area contributed by atoms with Crippen molar-refractivity contribution in [1.29, 1.82) is 0 Å². The fourth-order valence-corrected chi connectivity index (χ4v) is 5.83. The Labute approximate surface area is 236 Å². The molecule has 3 aromatic heterocycles. The number of aromatic nitrogens is 4. The van der Waals surface area contributed by atoms with E-state index in [-0.39, 0.29) is 33.6 Å². The van der Waals surface area contributed by atoms with Crippen LogP contribution in [0.2, 0.25) is 0 Å². The summed E-state index contributed by atoms with van der Waals surface area (Å²) < 4.78 is 40.5. The summed E-state index contributed by atoms with van der Waals surface area (Å²) in [7, 11) is -1.81. The lowest BCUT2D eigenvalue weighted by Crippen LogP contribution is -2.31. The molecule has 0 unspecified atom stereocenters. The molecule has 0 fully saturated rings. The third-order valence-electron chi connectivity index (χ3n) is 7.09. The topological polar surface area (TPSA) is 121 Å². The van der Waals surface area contributed by atoms with Gasteiger partial charge in [0.25, 0.3) is 5.56 Å². The highest BCUT2D eigenvalue weighted by Gasteiger charge is 2.20. The van der Waals surface area contributed by atoms with Crippen molar-refractivity contribution < 1.29 is 17.5 Å². The highest BCUT2D eigenvalue weighted by molar-refractivity contribution is 7.90. The van der Waals surface area contributed by atoms with Gasteiger partial charge in [0.1, 0.15) is 0 Å². The second-order valence-electron chi connectivity index (χ2n) is 10.1. The van der Waals surface area contributed by atoms with Crippen molar-refractivity contribution in [3.05, 3.63) is 105 Å². The molecule has 1 atom stereocenters. The Balaban J connectivity index is 1.61. The van der Waals surface area contributed by atoms with Gasteiger partial charge in [0.05, 0.1) is 21.8 Å². The molecule has 210 valence electrons. The van der Waals surface area contributed by atoms with Gasteiger partial charge in [-0.2, -0.15) is 4.73 Å². The highest BCUT2D eigenvalue weighted by atomic mass is 32.2. The Hall–Kier alpha value is -4.64. The summed E-state index contributed by atoms with van der Waals surface area (Å²) in [4.78, 5) is 22.5. The van der Waals surface area contributed by atoms with Crippen LogP contribution in [0.15, 0.2) is 76.8 Å². The summed E-state index contributed by atoms with van der Waals surface area (Å²) in [6.45, 7) is 5.37. The number of nitrogens with zero attached hydrogens (tertiary/aromatic N) is 4. The zero-order chi connectivity index (χ0) is 29.6. The third kappa shape index (κ3) is 5.28. The van der Waals surface area contributed by atoms with Crippen molar-refractivity contribution >= 4 is 26.3 Å². The molecular formula is C30H28FN5O4S. The Morgan fingerprint density at radius 3 is 2.41 bits per heavy atom. The monoisotopic (exact) mass is 573 g/mol. The summed E-state index contributed by atoms with van der Waals surface area (Å²) in [5.41, 5.74) is 3.58. The van der Waals surface area contributed by atoms with E-state index in [1.165, 1.54) is 23.0 Å². The average molecular weight is 574 g/mol. The first-order valence-corrected chi connectivity index (χ1v) is 14.7. The molecule has 0 amide bonds. The van der Waals surface area contributed by atoms with Crippen molar-refractivity contribution in [3.8, 4) is 22.6 Å². The first kappa shape index (κ1) is 27.9. The van der Waals surface area contributed by atoms with Crippen molar-refractivity contribution in [2.24, 2.45) is 7.05 Å². The molecule has 0 bridgehead atoms. The molecule has 3 heterocycles. The van der Waals surface area contributed by atoms with Crippen LogP contribution in [-0.4, -0.2) is 29.2 Å². The minimum Gasteiger partial charge on any atom is -0.618 e.